The van der Waals surface area contributed by atoms with Crippen LogP contribution in [-0.2, 0) is 21.2 Å². The molecule has 3 amide bonds. The van der Waals surface area contributed by atoms with Crippen molar-refractivity contribution in [2.24, 2.45) is 5.73 Å². The van der Waals surface area contributed by atoms with Crippen molar-refractivity contribution in [3.63, 3.8) is 0 Å². The van der Waals surface area contributed by atoms with E-state index >= 15 is 0 Å². The Bertz CT molecular complexity index is 1680. The monoisotopic (exact) mass is 662 g/mol. The number of ether oxygens (including phenoxy) is 1. The average molecular weight is 663 g/mol. The van der Waals surface area contributed by atoms with Crippen LogP contribution in [0.3, 0.4) is 0 Å². The summed E-state index contributed by atoms with van der Waals surface area (Å²) in [5.74, 6) is 0.231. The molecule has 4 rings (SSSR count). The Balaban J connectivity index is 1.54. The molecule has 1 saturated heterocycles. The fraction of sp³-hybridized carbons (Fsp3) is 0.400. The van der Waals surface area contributed by atoms with Crippen LogP contribution >= 0.6 is 0 Å². The quantitative estimate of drug-likeness (QED) is 0.151. The van der Waals surface area contributed by atoms with Crippen molar-refractivity contribution in [3.05, 3.63) is 83.9 Å². The van der Waals surface area contributed by atoms with Crippen molar-refractivity contribution in [2.45, 2.75) is 82.5 Å². The van der Waals surface area contributed by atoms with Crippen LogP contribution in [0.1, 0.15) is 58.6 Å². The van der Waals surface area contributed by atoms with Gasteiger partial charge in [0.15, 0.2) is 0 Å². The maximum Gasteiger partial charge on any atom is 0.315 e. The van der Waals surface area contributed by atoms with Gasteiger partial charge in [-0.05, 0) is 101 Å². The molecule has 1 atom stereocenters. The Morgan fingerprint density at radius 1 is 0.979 bits per heavy atom. The Morgan fingerprint density at radius 3 is 2.26 bits per heavy atom. The topological polar surface area (TPSA) is 167 Å². The van der Waals surface area contributed by atoms with Gasteiger partial charge in [-0.25, -0.2) is 13.2 Å². The zero-order valence-electron chi connectivity index (χ0n) is 27.7. The average Bonchev–Trinajstić information content (AvgIpc) is 3.00. The number of carbonyl (C=O) groups is 2. The largest absolute Gasteiger partial charge is 0.491 e. The second-order valence-corrected chi connectivity index (χ2v) is 14.9. The van der Waals surface area contributed by atoms with Crippen LogP contribution in [0.4, 0.5) is 4.79 Å². The summed E-state index contributed by atoms with van der Waals surface area (Å²) in [4.78, 5) is 28.0. The van der Waals surface area contributed by atoms with Crippen molar-refractivity contribution in [3.8, 4) is 16.9 Å². The molecular weight excluding hydrogens is 616 g/mol. The number of amidine groups is 1. The minimum atomic E-state index is -4.14. The summed E-state index contributed by atoms with van der Waals surface area (Å²) < 4.78 is 36.1. The molecule has 0 saturated carbocycles. The lowest BCUT2D eigenvalue weighted by Gasteiger charge is -2.35. The summed E-state index contributed by atoms with van der Waals surface area (Å²) >= 11 is 0. The maximum atomic E-state index is 14.0. The molecule has 0 aliphatic carbocycles. The number of nitrogens with zero attached hydrogens (tertiary/aromatic N) is 1. The SMILES string of the molecule is CC(C)Oc1ccc(-c2cccc(S(=O)(=O)N[C@@H](Cc3cccc(C(=N)N)c3)C(=O)N3CCC(NC(=O)NC(C)(C)C)CC3)c2)cc1. The molecule has 0 radical (unpaired) electrons. The van der Waals surface area contributed by atoms with E-state index in [1.54, 1.807) is 41.3 Å². The van der Waals surface area contributed by atoms with Gasteiger partial charge in [0, 0.05) is 30.2 Å². The molecule has 252 valence electrons. The van der Waals surface area contributed by atoms with E-state index in [1.165, 1.54) is 6.07 Å². The fourth-order valence-electron chi connectivity index (χ4n) is 5.40. The van der Waals surface area contributed by atoms with Crippen LogP contribution < -0.4 is 25.8 Å². The molecule has 3 aromatic carbocycles. The van der Waals surface area contributed by atoms with Gasteiger partial charge >= 0.3 is 6.03 Å². The minimum Gasteiger partial charge on any atom is -0.491 e. The molecule has 0 spiro atoms. The molecule has 1 aliphatic rings. The van der Waals surface area contributed by atoms with Gasteiger partial charge in [-0.2, -0.15) is 4.72 Å². The zero-order chi connectivity index (χ0) is 34.4. The van der Waals surface area contributed by atoms with Crippen LogP contribution in [0.2, 0.25) is 0 Å². The summed E-state index contributed by atoms with van der Waals surface area (Å²) in [5.41, 5.74) is 7.98. The number of nitrogens with two attached hydrogens (primary N) is 1. The third kappa shape index (κ3) is 10.3. The van der Waals surface area contributed by atoms with Crippen molar-refractivity contribution in [1.82, 2.24) is 20.3 Å². The Kier molecular flexibility index (Phi) is 11.3. The van der Waals surface area contributed by atoms with Crippen molar-refractivity contribution in [1.29, 1.82) is 5.41 Å². The number of carbonyl (C=O) groups excluding carboxylic acids is 2. The van der Waals surface area contributed by atoms with E-state index in [0.717, 1.165) is 11.3 Å². The number of likely N-dealkylation sites (tertiary alicyclic amines) is 1. The summed E-state index contributed by atoms with van der Waals surface area (Å²) in [7, 11) is -4.14. The highest BCUT2D eigenvalue weighted by molar-refractivity contribution is 7.89. The number of benzene rings is 3. The molecule has 0 unspecified atom stereocenters. The Morgan fingerprint density at radius 2 is 1.64 bits per heavy atom. The van der Waals surface area contributed by atoms with E-state index in [9.17, 15) is 18.0 Å². The van der Waals surface area contributed by atoms with Crippen LogP contribution in [-0.4, -0.2) is 67.9 Å². The number of nitrogen functional groups attached to an aromatic ring is 1. The highest BCUT2D eigenvalue weighted by atomic mass is 32.2. The van der Waals surface area contributed by atoms with E-state index in [0.29, 0.717) is 42.6 Å². The number of sulfonamides is 1. The molecule has 0 aromatic heterocycles. The van der Waals surface area contributed by atoms with Gasteiger partial charge in [-0.15, -0.1) is 0 Å². The van der Waals surface area contributed by atoms with Crippen LogP contribution in [0.15, 0.2) is 77.7 Å². The molecular formula is C35H46N6O5S. The Hall–Kier alpha value is -4.42. The van der Waals surface area contributed by atoms with Crippen LogP contribution in [0, 0.1) is 5.41 Å². The number of urea groups is 1. The van der Waals surface area contributed by atoms with Crippen molar-refractivity contribution >= 4 is 27.8 Å². The normalized spacial score (nSPS) is 14.8. The standard InChI is InChI=1S/C35H46N6O5S/c1-23(2)46-29-14-12-25(13-15-29)26-9-7-11-30(22-26)47(44,45)40-31(21-24-8-6-10-27(20-24)32(36)37)33(42)41-18-16-28(17-19-41)38-34(43)39-35(3,4)5/h6-15,20,22-23,28,31,40H,16-19,21H2,1-5H3,(H3,36,37)(H2,38,39,43)/t31-/m0/s1. The first-order chi connectivity index (χ1) is 22.1. The van der Waals surface area contributed by atoms with E-state index in [4.69, 9.17) is 15.9 Å². The van der Waals surface area contributed by atoms with Crippen LogP contribution in [0.5, 0.6) is 5.75 Å². The molecule has 12 heteroatoms. The number of amides is 3. The van der Waals surface area contributed by atoms with E-state index in [-0.39, 0.29) is 46.8 Å². The molecule has 47 heavy (non-hydrogen) atoms. The number of hydrogen-bond acceptors (Lipinski definition) is 6. The number of nitrogens with one attached hydrogen (secondary N) is 4. The first-order valence-corrected chi connectivity index (χ1v) is 17.3. The molecule has 1 heterocycles. The van der Waals surface area contributed by atoms with E-state index in [1.807, 2.05) is 65.0 Å². The summed E-state index contributed by atoms with van der Waals surface area (Å²) in [6, 6.07) is 19.4. The lowest BCUT2D eigenvalue weighted by Crippen LogP contribution is -2.55. The van der Waals surface area contributed by atoms with Crippen molar-refractivity contribution < 1.29 is 22.7 Å². The predicted molar refractivity (Wildman–Crippen MR) is 184 cm³/mol. The third-order valence-corrected chi connectivity index (χ3v) is 9.08. The smallest absolute Gasteiger partial charge is 0.315 e. The number of rotatable bonds is 11. The minimum absolute atomic E-state index is 0.0283. The Labute approximate surface area is 277 Å². The van der Waals surface area contributed by atoms with Gasteiger partial charge in [0.2, 0.25) is 15.9 Å². The van der Waals surface area contributed by atoms with Gasteiger partial charge in [0.05, 0.1) is 11.0 Å². The molecule has 0 bridgehead atoms. The summed E-state index contributed by atoms with van der Waals surface area (Å²) in [6.45, 7) is 10.3. The van der Waals surface area contributed by atoms with E-state index < -0.39 is 16.1 Å². The van der Waals surface area contributed by atoms with Crippen LogP contribution in [0.25, 0.3) is 11.1 Å². The van der Waals surface area contributed by atoms with Gasteiger partial charge in [-0.1, -0.05) is 42.5 Å². The predicted octanol–water partition coefficient (Wildman–Crippen LogP) is 4.40. The van der Waals surface area contributed by atoms with Gasteiger partial charge in [0.1, 0.15) is 17.6 Å². The number of hydrogen-bond donors (Lipinski definition) is 5. The number of piperidine rings is 1. The lowest BCUT2D eigenvalue weighted by atomic mass is 10.0. The third-order valence-electron chi connectivity index (χ3n) is 7.61. The highest BCUT2D eigenvalue weighted by Gasteiger charge is 2.32. The molecule has 3 aromatic rings. The maximum absolute atomic E-state index is 14.0. The second kappa shape index (κ2) is 15.0. The fourth-order valence-corrected chi connectivity index (χ4v) is 6.64. The highest BCUT2D eigenvalue weighted by Crippen LogP contribution is 2.26. The van der Waals surface area contributed by atoms with Gasteiger partial charge in [0.25, 0.3) is 0 Å². The second-order valence-electron chi connectivity index (χ2n) is 13.2. The molecule has 1 aliphatic heterocycles. The first-order valence-electron chi connectivity index (χ1n) is 15.8. The zero-order valence-corrected chi connectivity index (χ0v) is 28.5. The lowest BCUT2D eigenvalue weighted by molar-refractivity contribution is -0.134. The summed E-state index contributed by atoms with van der Waals surface area (Å²) in [6.07, 6.45) is 1.16. The van der Waals surface area contributed by atoms with E-state index in [2.05, 4.69) is 15.4 Å². The van der Waals surface area contributed by atoms with Gasteiger partial charge in [-0.3, -0.25) is 10.2 Å². The molecule has 6 N–H and O–H groups in total. The molecule has 11 nitrogen and oxygen atoms in total. The van der Waals surface area contributed by atoms with Crippen molar-refractivity contribution in [2.75, 3.05) is 13.1 Å². The first kappa shape index (κ1) is 35.4. The molecule has 1 fully saturated rings. The van der Waals surface area contributed by atoms with Gasteiger partial charge < -0.3 is 26.0 Å². The summed E-state index contributed by atoms with van der Waals surface area (Å²) in [5, 5.41) is 13.7.